The van der Waals surface area contributed by atoms with Crippen molar-refractivity contribution < 1.29 is 18.0 Å². The van der Waals surface area contributed by atoms with Crippen molar-refractivity contribution in [2.45, 2.75) is 25.5 Å². The predicted molar refractivity (Wildman–Crippen MR) is 134 cm³/mol. The number of carbonyl (C=O) groups is 2. The van der Waals surface area contributed by atoms with Crippen LogP contribution in [0.3, 0.4) is 0 Å². The van der Waals surface area contributed by atoms with E-state index >= 15 is 0 Å². The molecule has 0 spiro atoms. The van der Waals surface area contributed by atoms with E-state index in [1.807, 2.05) is 0 Å². The molecule has 1 fully saturated rings. The average molecular weight is 520 g/mol. The van der Waals surface area contributed by atoms with E-state index in [0.717, 1.165) is 0 Å². The summed E-state index contributed by atoms with van der Waals surface area (Å²) in [5.41, 5.74) is 0.650. The minimum absolute atomic E-state index is 0.0713. The first-order valence-corrected chi connectivity index (χ1v) is 12.6. The highest BCUT2D eigenvalue weighted by Crippen LogP contribution is 2.30. The summed E-state index contributed by atoms with van der Waals surface area (Å²) < 4.78 is 24.3. The topological polar surface area (TPSA) is 107 Å². The van der Waals surface area contributed by atoms with Crippen LogP contribution in [0.2, 0.25) is 5.02 Å². The number of rotatable bonds is 4. The van der Waals surface area contributed by atoms with Crippen molar-refractivity contribution in [2.75, 3.05) is 4.90 Å². The maximum Gasteiger partial charge on any atom is 0.270 e. The Morgan fingerprint density at radius 3 is 2.42 bits per heavy atom. The van der Waals surface area contributed by atoms with E-state index in [2.05, 4.69) is 5.32 Å². The van der Waals surface area contributed by atoms with Gasteiger partial charge in [-0.2, -0.15) is 5.26 Å². The standard InChI is InChI=1S/C22H18ClN3O4S3/c1-22(2,3)33(29,30)16(12-24)11-18-13(8-9-32-18)10-17-19(27)25-21(31)26(20(17)28)15-6-4-14(23)5-7-15/h4-11H,1-3H3,(H,25,27,31)/b16-11+,17-10+. The van der Waals surface area contributed by atoms with Crippen molar-refractivity contribution >= 4 is 79.8 Å². The number of anilines is 1. The Labute approximate surface area is 205 Å². The third-order valence-electron chi connectivity index (χ3n) is 4.68. The maximum absolute atomic E-state index is 13.2. The second-order valence-corrected chi connectivity index (χ2v) is 12.4. The number of thiophene rings is 1. The van der Waals surface area contributed by atoms with Crippen LogP contribution in [0.1, 0.15) is 31.2 Å². The number of nitrogens with zero attached hydrogens (tertiary/aromatic N) is 2. The summed E-state index contributed by atoms with van der Waals surface area (Å²) in [6.45, 7) is 4.51. The zero-order valence-electron chi connectivity index (χ0n) is 17.7. The summed E-state index contributed by atoms with van der Waals surface area (Å²) in [5, 5.41) is 14.0. The van der Waals surface area contributed by atoms with Crippen LogP contribution in [0.25, 0.3) is 12.2 Å². The van der Waals surface area contributed by atoms with Gasteiger partial charge in [0.2, 0.25) is 0 Å². The molecule has 1 aliphatic heterocycles. The Bertz CT molecular complexity index is 1360. The van der Waals surface area contributed by atoms with Crippen molar-refractivity contribution in [1.29, 1.82) is 5.26 Å². The summed E-state index contributed by atoms with van der Waals surface area (Å²) in [6, 6.07) is 9.75. The molecular formula is C22H18ClN3O4S3. The summed E-state index contributed by atoms with van der Waals surface area (Å²) in [4.78, 5) is 26.9. The van der Waals surface area contributed by atoms with Gasteiger partial charge in [0.1, 0.15) is 16.5 Å². The van der Waals surface area contributed by atoms with E-state index in [1.165, 1.54) is 49.2 Å². The Hall–Kier alpha value is -2.84. The number of nitriles is 1. The van der Waals surface area contributed by atoms with E-state index in [1.54, 1.807) is 41.8 Å². The van der Waals surface area contributed by atoms with Crippen LogP contribution in [-0.4, -0.2) is 30.1 Å². The molecule has 0 radical (unpaired) electrons. The highest BCUT2D eigenvalue weighted by molar-refractivity contribution is 7.97. The van der Waals surface area contributed by atoms with Crippen molar-refractivity contribution in [1.82, 2.24) is 5.32 Å². The number of benzene rings is 1. The number of thiocarbonyl (C=S) groups is 1. The minimum Gasteiger partial charge on any atom is -0.298 e. The number of sulfone groups is 1. The third-order valence-corrected chi connectivity index (χ3v) is 8.50. The lowest BCUT2D eigenvalue weighted by atomic mass is 10.1. The van der Waals surface area contributed by atoms with Crippen LogP contribution < -0.4 is 10.2 Å². The molecular weight excluding hydrogens is 502 g/mol. The molecule has 0 aliphatic carbocycles. The molecule has 0 atom stereocenters. The SMILES string of the molecule is CC(C)(C)S(=O)(=O)/C(C#N)=C/c1sccc1/C=C1\C(=O)NC(=S)N(c2ccc(Cl)cc2)C1=O. The fourth-order valence-corrected chi connectivity index (χ4v) is 5.17. The summed E-state index contributed by atoms with van der Waals surface area (Å²) >= 11 is 12.3. The monoisotopic (exact) mass is 519 g/mol. The molecule has 1 aliphatic rings. The lowest BCUT2D eigenvalue weighted by Crippen LogP contribution is -2.54. The van der Waals surface area contributed by atoms with Gasteiger partial charge in [-0.1, -0.05) is 11.6 Å². The molecule has 1 N–H and O–H groups in total. The molecule has 11 heteroatoms. The Morgan fingerprint density at radius 1 is 1.21 bits per heavy atom. The molecule has 1 saturated heterocycles. The van der Waals surface area contributed by atoms with Gasteiger partial charge < -0.3 is 0 Å². The first-order chi connectivity index (χ1) is 15.4. The minimum atomic E-state index is -3.89. The molecule has 2 amide bonds. The second kappa shape index (κ2) is 9.19. The largest absolute Gasteiger partial charge is 0.298 e. The zero-order chi connectivity index (χ0) is 24.6. The molecule has 1 aromatic heterocycles. The zero-order valence-corrected chi connectivity index (χ0v) is 21.0. The molecule has 170 valence electrons. The van der Waals surface area contributed by atoms with Gasteiger partial charge in [-0.05, 0) is 86.4 Å². The number of amides is 2. The number of hydrogen-bond donors (Lipinski definition) is 1. The molecule has 1 aromatic carbocycles. The van der Waals surface area contributed by atoms with Crippen molar-refractivity contribution in [2.24, 2.45) is 0 Å². The van der Waals surface area contributed by atoms with Gasteiger partial charge in [0, 0.05) is 9.90 Å². The van der Waals surface area contributed by atoms with E-state index in [9.17, 15) is 23.3 Å². The number of nitrogens with one attached hydrogen (secondary N) is 1. The van der Waals surface area contributed by atoms with Crippen molar-refractivity contribution in [3.05, 3.63) is 61.7 Å². The highest BCUT2D eigenvalue weighted by Gasteiger charge is 2.35. The number of allylic oxidation sites excluding steroid dienone is 1. The van der Waals surface area contributed by atoms with E-state index < -0.39 is 31.3 Å². The Kier molecular flexibility index (Phi) is 6.91. The Morgan fingerprint density at radius 2 is 1.85 bits per heavy atom. The first kappa shape index (κ1) is 24.8. The third kappa shape index (κ3) is 4.91. The van der Waals surface area contributed by atoms with Gasteiger partial charge in [-0.25, -0.2) is 8.42 Å². The summed E-state index contributed by atoms with van der Waals surface area (Å²) in [7, 11) is -3.89. The van der Waals surface area contributed by atoms with Crippen LogP contribution in [0.5, 0.6) is 0 Å². The molecule has 0 bridgehead atoms. The lowest BCUT2D eigenvalue weighted by Gasteiger charge is -2.28. The van der Waals surface area contributed by atoms with Crippen molar-refractivity contribution in [3.63, 3.8) is 0 Å². The summed E-state index contributed by atoms with van der Waals surface area (Å²) in [5.74, 6) is -1.32. The number of hydrogen-bond acceptors (Lipinski definition) is 7. The molecule has 0 saturated carbocycles. The maximum atomic E-state index is 13.2. The van der Waals surface area contributed by atoms with Gasteiger partial charge in [0.15, 0.2) is 14.9 Å². The molecule has 7 nitrogen and oxygen atoms in total. The molecule has 0 unspecified atom stereocenters. The van der Waals surface area contributed by atoms with Gasteiger partial charge in [0.25, 0.3) is 11.8 Å². The smallest absolute Gasteiger partial charge is 0.270 e. The normalized spacial score (nSPS) is 16.7. The van der Waals surface area contributed by atoms with Gasteiger partial charge in [-0.3, -0.25) is 19.8 Å². The molecule has 2 aromatic rings. The van der Waals surface area contributed by atoms with E-state index in [-0.39, 0.29) is 10.7 Å². The van der Waals surface area contributed by atoms with E-state index in [4.69, 9.17) is 23.8 Å². The highest BCUT2D eigenvalue weighted by atomic mass is 35.5. The van der Waals surface area contributed by atoms with Gasteiger partial charge in [0.05, 0.1) is 10.4 Å². The van der Waals surface area contributed by atoms with Crippen molar-refractivity contribution in [3.8, 4) is 6.07 Å². The van der Waals surface area contributed by atoms with Crippen LogP contribution in [0.4, 0.5) is 5.69 Å². The molecule has 33 heavy (non-hydrogen) atoms. The van der Waals surface area contributed by atoms with Crippen LogP contribution in [0, 0.1) is 11.3 Å². The summed E-state index contributed by atoms with van der Waals surface area (Å²) in [6.07, 6.45) is 2.61. The quantitative estimate of drug-likeness (QED) is 0.279. The van der Waals surface area contributed by atoms with Crippen LogP contribution in [-0.2, 0) is 19.4 Å². The van der Waals surface area contributed by atoms with Gasteiger partial charge >= 0.3 is 0 Å². The van der Waals surface area contributed by atoms with Crippen LogP contribution in [0.15, 0.2) is 46.2 Å². The average Bonchev–Trinajstić information content (AvgIpc) is 3.16. The Balaban J connectivity index is 2.06. The number of halogens is 1. The predicted octanol–water partition coefficient (Wildman–Crippen LogP) is 4.31. The molecule has 2 heterocycles. The van der Waals surface area contributed by atoms with Gasteiger partial charge in [-0.15, -0.1) is 11.3 Å². The van der Waals surface area contributed by atoms with E-state index in [0.29, 0.717) is 21.2 Å². The lowest BCUT2D eigenvalue weighted by molar-refractivity contribution is -0.122. The fourth-order valence-electron chi connectivity index (χ4n) is 2.82. The number of carbonyl (C=O) groups excluding carboxylic acids is 2. The molecule has 3 rings (SSSR count). The fraction of sp³-hybridized carbons (Fsp3) is 0.182. The first-order valence-electron chi connectivity index (χ1n) is 9.48. The second-order valence-electron chi connectivity index (χ2n) is 7.91. The van der Waals surface area contributed by atoms with Crippen LogP contribution >= 0.6 is 35.2 Å².